The second-order valence-electron chi connectivity index (χ2n) is 5.63. The molecule has 0 atom stereocenters. The van der Waals surface area contributed by atoms with E-state index < -0.39 is 0 Å². The smallest absolute Gasteiger partial charge is 0.281 e. The summed E-state index contributed by atoms with van der Waals surface area (Å²) in [4.78, 5) is 12.5. The zero-order valence-corrected chi connectivity index (χ0v) is 14.4. The number of hydrogen-bond donors (Lipinski definition) is 1. The number of anilines is 1. The molecule has 25 heavy (non-hydrogen) atoms. The lowest BCUT2D eigenvalue weighted by Crippen LogP contribution is -2.14. The molecule has 130 valence electrons. The van der Waals surface area contributed by atoms with E-state index in [0.717, 1.165) is 12.1 Å². The third kappa shape index (κ3) is 3.68. The largest absolute Gasteiger partial charge is 0.479 e. The van der Waals surface area contributed by atoms with Crippen molar-refractivity contribution < 1.29 is 9.53 Å². The highest BCUT2D eigenvalue weighted by molar-refractivity contribution is 6.04. The Morgan fingerprint density at radius 3 is 2.68 bits per heavy atom. The minimum atomic E-state index is -0.386. The van der Waals surface area contributed by atoms with Gasteiger partial charge in [-0.1, -0.05) is 35.0 Å². The summed E-state index contributed by atoms with van der Waals surface area (Å²) < 4.78 is 8.64. The van der Waals surface area contributed by atoms with Crippen LogP contribution in [0.4, 0.5) is 5.69 Å². The van der Waals surface area contributed by atoms with E-state index in [4.69, 9.17) is 4.74 Å². The fraction of sp³-hybridized carbons (Fsp3) is 0.294. The number of amides is 1. The van der Waals surface area contributed by atoms with Crippen molar-refractivity contribution in [2.45, 2.75) is 26.9 Å². The number of benzene rings is 1. The van der Waals surface area contributed by atoms with Crippen LogP contribution in [0.15, 0.2) is 36.7 Å². The molecule has 8 nitrogen and oxygen atoms in total. The molecule has 1 amide bonds. The molecule has 8 heteroatoms. The molecule has 2 heterocycles. The molecule has 0 aliphatic rings. The predicted molar refractivity (Wildman–Crippen MR) is 92.7 cm³/mol. The highest BCUT2D eigenvalue weighted by atomic mass is 16.5. The van der Waals surface area contributed by atoms with Crippen molar-refractivity contribution in [3.8, 4) is 5.88 Å². The van der Waals surface area contributed by atoms with E-state index in [1.165, 1.54) is 12.7 Å². The first-order valence-electron chi connectivity index (χ1n) is 7.97. The Kier molecular flexibility index (Phi) is 4.78. The van der Waals surface area contributed by atoms with Gasteiger partial charge in [0, 0.05) is 12.7 Å². The van der Waals surface area contributed by atoms with Gasteiger partial charge in [-0.15, -0.1) is 5.10 Å². The molecule has 3 rings (SSSR count). The lowest BCUT2D eigenvalue weighted by molar-refractivity contribution is 0.101. The summed E-state index contributed by atoms with van der Waals surface area (Å²) in [5.74, 6) is -0.0661. The molecule has 0 bridgehead atoms. The molecule has 0 aliphatic carbocycles. The van der Waals surface area contributed by atoms with Gasteiger partial charge in [0.15, 0.2) is 0 Å². The van der Waals surface area contributed by atoms with Gasteiger partial charge in [-0.25, -0.2) is 4.68 Å². The second-order valence-corrected chi connectivity index (χ2v) is 5.63. The number of nitrogens with one attached hydrogen (secondary N) is 1. The lowest BCUT2D eigenvalue weighted by atomic mass is 10.1. The summed E-state index contributed by atoms with van der Waals surface area (Å²) in [5.41, 5.74) is 2.97. The van der Waals surface area contributed by atoms with Crippen molar-refractivity contribution in [1.29, 1.82) is 0 Å². The van der Waals surface area contributed by atoms with Crippen molar-refractivity contribution in [3.05, 3.63) is 53.5 Å². The lowest BCUT2D eigenvalue weighted by Gasteiger charge is -2.07. The molecular formula is C17H20N6O2. The number of hydrogen-bond acceptors (Lipinski definition) is 5. The summed E-state index contributed by atoms with van der Waals surface area (Å²) in [7, 11) is 1.50. The number of nitrogens with zero attached hydrogens (tertiary/aromatic N) is 5. The van der Waals surface area contributed by atoms with Crippen LogP contribution in [0.5, 0.6) is 5.88 Å². The minimum absolute atomic E-state index is 0.138. The van der Waals surface area contributed by atoms with E-state index in [-0.39, 0.29) is 11.6 Å². The Balaban J connectivity index is 1.78. The van der Waals surface area contributed by atoms with Gasteiger partial charge in [-0.3, -0.25) is 9.48 Å². The van der Waals surface area contributed by atoms with Gasteiger partial charge >= 0.3 is 0 Å². The number of carbonyl (C=O) groups is 1. The zero-order chi connectivity index (χ0) is 17.8. The van der Waals surface area contributed by atoms with Crippen molar-refractivity contribution in [3.63, 3.8) is 0 Å². The van der Waals surface area contributed by atoms with Crippen molar-refractivity contribution in [2.24, 2.45) is 0 Å². The van der Waals surface area contributed by atoms with Gasteiger partial charge in [0.1, 0.15) is 0 Å². The van der Waals surface area contributed by atoms with E-state index in [2.05, 4.69) is 20.7 Å². The number of methoxy groups -OCH3 is 1. The molecule has 1 N–H and O–H groups in total. The predicted octanol–water partition coefficient (Wildman–Crippen LogP) is 2.11. The van der Waals surface area contributed by atoms with Gasteiger partial charge in [-0.05, 0) is 19.4 Å². The van der Waals surface area contributed by atoms with E-state index in [1.54, 1.807) is 21.8 Å². The SMILES string of the molecule is CCn1cc(NC(=O)c2nnn(Cc3ccc(C)cc3)c2OC)cn1. The Hall–Kier alpha value is -3.16. The van der Waals surface area contributed by atoms with Crippen LogP contribution in [0, 0.1) is 6.92 Å². The fourth-order valence-corrected chi connectivity index (χ4v) is 2.41. The Morgan fingerprint density at radius 1 is 1.28 bits per heavy atom. The molecule has 0 spiro atoms. The van der Waals surface area contributed by atoms with Gasteiger partial charge < -0.3 is 10.1 Å². The summed E-state index contributed by atoms with van der Waals surface area (Å²) in [5, 5.41) is 14.9. The minimum Gasteiger partial charge on any atom is -0.479 e. The monoisotopic (exact) mass is 340 g/mol. The number of aromatic nitrogens is 5. The molecule has 3 aromatic rings. The van der Waals surface area contributed by atoms with Crippen molar-refractivity contribution >= 4 is 11.6 Å². The van der Waals surface area contributed by atoms with Gasteiger partial charge in [0.25, 0.3) is 5.91 Å². The standard InChI is InChI=1S/C17H20N6O2/c1-4-22-11-14(9-18-22)19-16(24)15-17(25-3)23(21-20-15)10-13-7-5-12(2)6-8-13/h5-9,11H,4,10H2,1-3H3,(H,19,24). The molecular weight excluding hydrogens is 320 g/mol. The quantitative estimate of drug-likeness (QED) is 0.743. The first-order valence-corrected chi connectivity index (χ1v) is 7.97. The summed E-state index contributed by atoms with van der Waals surface area (Å²) >= 11 is 0. The van der Waals surface area contributed by atoms with E-state index in [0.29, 0.717) is 18.1 Å². The van der Waals surface area contributed by atoms with Crippen LogP contribution >= 0.6 is 0 Å². The number of aryl methyl sites for hydroxylation is 2. The maximum absolute atomic E-state index is 12.5. The summed E-state index contributed by atoms with van der Waals surface area (Å²) in [6.07, 6.45) is 3.34. The number of ether oxygens (including phenoxy) is 1. The number of carbonyl (C=O) groups excluding carboxylic acids is 1. The van der Waals surface area contributed by atoms with Crippen molar-refractivity contribution in [1.82, 2.24) is 24.8 Å². The van der Waals surface area contributed by atoms with Gasteiger partial charge in [-0.2, -0.15) is 5.10 Å². The van der Waals surface area contributed by atoms with E-state index in [9.17, 15) is 4.79 Å². The second kappa shape index (κ2) is 7.16. The average Bonchev–Trinajstić information content (AvgIpc) is 3.23. The fourth-order valence-electron chi connectivity index (χ4n) is 2.41. The third-order valence-electron chi connectivity index (χ3n) is 3.77. The highest BCUT2D eigenvalue weighted by Gasteiger charge is 2.21. The summed E-state index contributed by atoms with van der Waals surface area (Å²) in [6, 6.07) is 8.07. The van der Waals surface area contributed by atoms with Crippen LogP contribution in [0.3, 0.4) is 0 Å². The Labute approximate surface area is 145 Å². The molecule has 0 fully saturated rings. The molecule has 0 saturated heterocycles. The Bertz CT molecular complexity index is 866. The molecule has 0 aliphatic heterocycles. The zero-order valence-electron chi connectivity index (χ0n) is 14.4. The molecule has 0 saturated carbocycles. The highest BCUT2D eigenvalue weighted by Crippen LogP contribution is 2.19. The van der Waals surface area contributed by atoms with Gasteiger partial charge in [0.2, 0.25) is 11.6 Å². The van der Waals surface area contributed by atoms with Crippen LogP contribution in [0.25, 0.3) is 0 Å². The first-order chi connectivity index (χ1) is 12.1. The maximum Gasteiger partial charge on any atom is 0.281 e. The van der Waals surface area contributed by atoms with Gasteiger partial charge in [0.05, 0.1) is 25.5 Å². The third-order valence-corrected chi connectivity index (χ3v) is 3.77. The summed E-state index contributed by atoms with van der Waals surface area (Å²) in [6.45, 7) is 5.20. The van der Waals surface area contributed by atoms with E-state index >= 15 is 0 Å². The van der Waals surface area contributed by atoms with Crippen LogP contribution in [0.2, 0.25) is 0 Å². The van der Waals surface area contributed by atoms with Crippen molar-refractivity contribution in [2.75, 3.05) is 12.4 Å². The van der Waals surface area contributed by atoms with Crippen LogP contribution in [-0.4, -0.2) is 37.8 Å². The average molecular weight is 340 g/mol. The van der Waals surface area contributed by atoms with Crippen LogP contribution in [0.1, 0.15) is 28.5 Å². The molecule has 0 radical (unpaired) electrons. The Morgan fingerprint density at radius 2 is 2.04 bits per heavy atom. The van der Waals surface area contributed by atoms with E-state index in [1.807, 2.05) is 38.1 Å². The number of rotatable bonds is 6. The van der Waals surface area contributed by atoms with Crippen LogP contribution < -0.4 is 10.1 Å². The molecule has 0 unspecified atom stereocenters. The molecule has 2 aromatic heterocycles. The van der Waals surface area contributed by atoms with Crippen LogP contribution in [-0.2, 0) is 13.1 Å². The first kappa shape index (κ1) is 16.7. The normalized spacial score (nSPS) is 10.7. The molecule has 1 aromatic carbocycles. The topological polar surface area (TPSA) is 86.9 Å². The maximum atomic E-state index is 12.5.